The van der Waals surface area contributed by atoms with Gasteiger partial charge in [-0.1, -0.05) is 6.92 Å². The van der Waals surface area contributed by atoms with Crippen LogP contribution in [0.3, 0.4) is 0 Å². The normalized spacial score (nSPS) is 18.0. The molecule has 0 aliphatic carbocycles. The quantitative estimate of drug-likeness (QED) is 0.534. The summed E-state index contributed by atoms with van der Waals surface area (Å²) in [6, 6.07) is 0. The first-order valence-electron chi connectivity index (χ1n) is 2.98. The molecule has 0 heterocycles. The van der Waals surface area contributed by atoms with Gasteiger partial charge < -0.3 is 0 Å². The average molecular weight is 116 g/mol. The highest BCUT2D eigenvalue weighted by Crippen LogP contribution is 2.01. The zero-order valence-electron chi connectivity index (χ0n) is 5.39. The van der Waals surface area contributed by atoms with E-state index in [0.717, 1.165) is 0 Å². The van der Waals surface area contributed by atoms with E-state index in [1.807, 2.05) is 0 Å². The Labute approximate surface area is 50.2 Å². The van der Waals surface area contributed by atoms with Crippen LogP contribution in [-0.4, -0.2) is 12.2 Å². The lowest BCUT2D eigenvalue weighted by molar-refractivity contribution is 0.0111. The van der Waals surface area contributed by atoms with Gasteiger partial charge in [-0.3, -0.25) is 0 Å². The van der Waals surface area contributed by atoms with Crippen LogP contribution in [0.15, 0.2) is 0 Å². The van der Waals surface area contributed by atoms with Crippen molar-refractivity contribution in [1.29, 1.82) is 0 Å². The van der Waals surface area contributed by atoms with Crippen LogP contribution < -0.4 is 0 Å². The van der Waals surface area contributed by atoms with Crippen molar-refractivity contribution < 1.29 is 10.2 Å². The van der Waals surface area contributed by atoms with E-state index in [9.17, 15) is 10.2 Å². The smallest absolute Gasteiger partial charge is 0.0953 e. The van der Waals surface area contributed by atoms with Crippen molar-refractivity contribution >= 4 is 0 Å². The van der Waals surface area contributed by atoms with Gasteiger partial charge in [-0.05, 0) is 13.3 Å². The average Bonchev–Trinajstić information content (AvgIpc) is 1.65. The van der Waals surface area contributed by atoms with Crippen molar-refractivity contribution in [3.63, 3.8) is 0 Å². The Morgan fingerprint density at radius 2 is 1.88 bits per heavy atom. The van der Waals surface area contributed by atoms with E-state index < -0.39 is 12.2 Å². The molecule has 8 heavy (non-hydrogen) atoms. The molecule has 0 bridgehead atoms. The van der Waals surface area contributed by atoms with Gasteiger partial charge in [0.1, 0.15) is 0 Å². The van der Waals surface area contributed by atoms with E-state index in [2.05, 4.69) is 0 Å². The second kappa shape index (κ2) is 3.87. The molecule has 2 unspecified atom stereocenters. The van der Waals surface area contributed by atoms with Gasteiger partial charge >= 0.3 is 0 Å². The lowest BCUT2D eigenvalue weighted by Crippen LogP contribution is -2.10. The third kappa shape index (κ3) is 4.09. The first-order chi connectivity index (χ1) is 3.66. The van der Waals surface area contributed by atoms with Crippen LogP contribution in [0.5, 0.6) is 0 Å². The maximum atomic E-state index is 10.5. The minimum atomic E-state index is -0.683. The fourth-order valence-electron chi connectivity index (χ4n) is 0.537. The van der Waals surface area contributed by atoms with Crippen LogP contribution in [0.4, 0.5) is 0 Å². The monoisotopic (exact) mass is 116 g/mol. The molecule has 2 heteroatoms. The second-order valence-corrected chi connectivity index (χ2v) is 2.08. The molecule has 0 amide bonds. The fraction of sp³-hybridized carbons (Fsp3) is 1.00. The van der Waals surface area contributed by atoms with Crippen molar-refractivity contribution in [1.82, 2.24) is 0 Å². The van der Waals surface area contributed by atoms with Crippen molar-refractivity contribution in [3.05, 3.63) is 0 Å². The van der Waals surface area contributed by atoms with Gasteiger partial charge in [-0.15, -0.1) is 0 Å². The van der Waals surface area contributed by atoms with Gasteiger partial charge in [0, 0.05) is 6.42 Å². The summed E-state index contributed by atoms with van der Waals surface area (Å²) in [6.07, 6.45) is -0.469. The van der Waals surface area contributed by atoms with Crippen LogP contribution in [0.25, 0.3) is 0 Å². The van der Waals surface area contributed by atoms with Gasteiger partial charge in [0.05, 0.1) is 12.2 Å². The molecule has 0 aromatic carbocycles. The second-order valence-electron chi connectivity index (χ2n) is 2.08. The first-order valence-corrected chi connectivity index (χ1v) is 2.98. The topological polar surface area (TPSA) is 39.8 Å². The van der Waals surface area contributed by atoms with Gasteiger partial charge in [0.15, 0.2) is 0 Å². The van der Waals surface area contributed by atoms with E-state index in [4.69, 9.17) is 0 Å². The van der Waals surface area contributed by atoms with Crippen LogP contribution in [0, 0.1) is 0 Å². The molecule has 0 rings (SSSR count). The molecule has 0 saturated carbocycles. The summed E-state index contributed by atoms with van der Waals surface area (Å²) in [7, 11) is 0. The maximum absolute atomic E-state index is 10.5. The summed E-state index contributed by atoms with van der Waals surface area (Å²) in [5.41, 5.74) is 0. The van der Waals surface area contributed by atoms with Gasteiger partial charge in [0.25, 0.3) is 0 Å². The molecular formula is C6H12O2. The largest absolute Gasteiger partial charge is 0.233 e. The predicted octanol–water partition coefficient (Wildman–Crippen LogP) is 1.40. The lowest BCUT2D eigenvalue weighted by atomic mass is 10.1. The molecule has 2 atom stereocenters. The molecule has 0 saturated heterocycles. The summed E-state index contributed by atoms with van der Waals surface area (Å²) in [4.78, 5) is 0. The van der Waals surface area contributed by atoms with Crippen molar-refractivity contribution in [2.75, 3.05) is 0 Å². The van der Waals surface area contributed by atoms with E-state index in [0.29, 0.717) is 6.42 Å². The summed E-state index contributed by atoms with van der Waals surface area (Å²) in [6.45, 7) is 3.33. The Balaban J connectivity index is 3.10. The first kappa shape index (κ1) is 7.92. The molecular weight excluding hydrogens is 104 g/mol. The summed E-state index contributed by atoms with van der Waals surface area (Å²) >= 11 is 0. The minimum absolute atomic E-state index is 0.274. The number of hydrogen-bond donors (Lipinski definition) is 0. The van der Waals surface area contributed by atoms with Gasteiger partial charge in [-0.25, -0.2) is 10.2 Å². The zero-order valence-corrected chi connectivity index (χ0v) is 5.39. The minimum Gasteiger partial charge on any atom is -0.233 e. The lowest BCUT2D eigenvalue weighted by Gasteiger charge is -2.03. The molecule has 2 radical (unpaired) electrons. The van der Waals surface area contributed by atoms with E-state index in [-0.39, 0.29) is 6.42 Å². The highest BCUT2D eigenvalue weighted by Gasteiger charge is 2.06. The highest BCUT2D eigenvalue weighted by molar-refractivity contribution is 4.55. The summed E-state index contributed by atoms with van der Waals surface area (Å²) in [5.74, 6) is 0. The Hall–Kier alpha value is -0.0800. The highest BCUT2D eigenvalue weighted by atomic mass is 16.3. The molecule has 0 spiro atoms. The van der Waals surface area contributed by atoms with E-state index in [1.165, 1.54) is 6.92 Å². The Morgan fingerprint density at radius 3 is 2.00 bits per heavy atom. The third-order valence-electron chi connectivity index (χ3n) is 1.05. The SMILES string of the molecule is CCC([O])CC(C)[O]. The molecule has 0 N–H and O–H groups in total. The van der Waals surface area contributed by atoms with Crippen LogP contribution >= 0.6 is 0 Å². The molecule has 0 aliphatic rings. The van der Waals surface area contributed by atoms with Crippen LogP contribution in [-0.2, 0) is 10.2 Å². The standard InChI is InChI=1S/C6H12O2/c1-3-6(8)4-5(2)7/h5-6H,3-4H2,1-2H3. The molecule has 0 aromatic heterocycles. The number of rotatable bonds is 3. The maximum Gasteiger partial charge on any atom is 0.0953 e. The number of hydrogen-bond acceptors (Lipinski definition) is 0. The predicted molar refractivity (Wildman–Crippen MR) is 29.5 cm³/mol. The van der Waals surface area contributed by atoms with E-state index in [1.54, 1.807) is 6.92 Å². The molecule has 0 aromatic rings. The molecule has 48 valence electrons. The molecule has 2 nitrogen and oxygen atoms in total. The Kier molecular flexibility index (Phi) is 3.83. The van der Waals surface area contributed by atoms with Crippen molar-refractivity contribution in [2.45, 2.75) is 38.9 Å². The fourth-order valence-corrected chi connectivity index (χ4v) is 0.537. The Bertz CT molecular complexity index is 52.5. The molecule has 0 fully saturated rings. The zero-order chi connectivity index (χ0) is 6.57. The van der Waals surface area contributed by atoms with Crippen molar-refractivity contribution in [3.8, 4) is 0 Å². The summed E-state index contributed by atoms with van der Waals surface area (Å²) in [5, 5.41) is 20.8. The van der Waals surface area contributed by atoms with Gasteiger partial charge in [0.2, 0.25) is 0 Å². The summed E-state index contributed by atoms with van der Waals surface area (Å²) < 4.78 is 0. The third-order valence-corrected chi connectivity index (χ3v) is 1.05. The van der Waals surface area contributed by atoms with E-state index >= 15 is 0 Å². The van der Waals surface area contributed by atoms with Crippen LogP contribution in [0.1, 0.15) is 26.7 Å². The molecule has 0 aliphatic heterocycles. The Morgan fingerprint density at radius 1 is 1.38 bits per heavy atom. The van der Waals surface area contributed by atoms with Gasteiger partial charge in [-0.2, -0.15) is 0 Å². The van der Waals surface area contributed by atoms with Crippen LogP contribution in [0.2, 0.25) is 0 Å². The van der Waals surface area contributed by atoms with Crippen molar-refractivity contribution in [2.24, 2.45) is 0 Å².